The SMILES string of the molecule is O=[N+]([O-])OC[C@H]1O[C@@H](n2cnc3c(N[C@@H]4CC[C@@H](O)C4)ncnc32)[C@@H]2OP(=O)(O)O[C@@H]21. The highest BCUT2D eigenvalue weighted by Crippen LogP contribution is 2.58. The van der Waals surface area contributed by atoms with Gasteiger partial charge in [-0.15, -0.1) is 10.1 Å². The van der Waals surface area contributed by atoms with Crippen molar-refractivity contribution >= 4 is 24.8 Å². The quantitative estimate of drug-likeness (QED) is 0.301. The van der Waals surface area contributed by atoms with Gasteiger partial charge in [-0.1, -0.05) is 0 Å². The summed E-state index contributed by atoms with van der Waals surface area (Å²) in [6.07, 6.45) is 0.355. The molecule has 4 heterocycles. The maximum absolute atomic E-state index is 12.0. The number of rotatable bonds is 6. The van der Waals surface area contributed by atoms with Gasteiger partial charge in [-0.05, 0) is 19.3 Å². The van der Waals surface area contributed by atoms with E-state index in [-0.39, 0.29) is 12.1 Å². The molecule has 16 heteroatoms. The third-order valence-electron chi connectivity index (χ3n) is 5.52. The molecule has 2 aliphatic heterocycles. The van der Waals surface area contributed by atoms with Gasteiger partial charge >= 0.3 is 7.82 Å². The predicted molar refractivity (Wildman–Crippen MR) is 99.0 cm³/mol. The first kappa shape index (κ1) is 20.5. The zero-order chi connectivity index (χ0) is 21.8. The van der Waals surface area contributed by atoms with Gasteiger partial charge in [0, 0.05) is 6.04 Å². The lowest BCUT2D eigenvalue weighted by Crippen LogP contribution is -2.32. The van der Waals surface area contributed by atoms with Crippen molar-refractivity contribution in [1.82, 2.24) is 19.5 Å². The molecule has 1 unspecified atom stereocenters. The fourth-order valence-electron chi connectivity index (χ4n) is 4.20. The summed E-state index contributed by atoms with van der Waals surface area (Å²) in [4.78, 5) is 37.5. The third kappa shape index (κ3) is 3.84. The molecule has 0 amide bonds. The molecule has 168 valence electrons. The standard InChI is InChI=1S/C15H19N6O9P/c22-8-2-1-7(3-8)19-13-10-14(17-5-16-13)20(6-18-10)15-12-11(29-31(25,26)30-12)9(28-15)4-27-21(23)24/h5-9,11-12,15,22H,1-4H2,(H,25,26)(H,16,17,19)/t7-,8-,9-,11-,12-,15-/m1/s1. The largest absolute Gasteiger partial charge is 0.473 e. The minimum absolute atomic E-state index is 0.0425. The van der Waals surface area contributed by atoms with Gasteiger partial charge in [-0.25, -0.2) is 19.5 Å². The Morgan fingerprint density at radius 1 is 1.32 bits per heavy atom. The summed E-state index contributed by atoms with van der Waals surface area (Å²) in [6.45, 7) is -0.507. The summed E-state index contributed by atoms with van der Waals surface area (Å²) in [5, 5.41) is 22.6. The summed E-state index contributed by atoms with van der Waals surface area (Å²) < 4.78 is 29.5. The first-order valence-corrected chi connectivity index (χ1v) is 11.0. The van der Waals surface area contributed by atoms with E-state index in [2.05, 4.69) is 25.1 Å². The summed E-state index contributed by atoms with van der Waals surface area (Å²) >= 11 is 0. The second-order valence-electron chi connectivity index (χ2n) is 7.55. The maximum atomic E-state index is 12.0. The first-order chi connectivity index (χ1) is 14.8. The van der Waals surface area contributed by atoms with Crippen molar-refractivity contribution in [3.63, 3.8) is 0 Å². The lowest BCUT2D eigenvalue weighted by atomic mass is 10.1. The number of anilines is 1. The maximum Gasteiger partial charge on any atom is 0.473 e. The van der Waals surface area contributed by atoms with E-state index in [0.29, 0.717) is 29.8 Å². The zero-order valence-corrected chi connectivity index (χ0v) is 16.8. The number of phosphoric ester groups is 1. The molecule has 1 aliphatic carbocycles. The molecule has 31 heavy (non-hydrogen) atoms. The fraction of sp³-hybridized carbons (Fsp3) is 0.667. The molecule has 0 bridgehead atoms. The molecule has 15 nitrogen and oxygen atoms in total. The van der Waals surface area contributed by atoms with E-state index in [1.165, 1.54) is 17.2 Å². The van der Waals surface area contributed by atoms with E-state index in [0.717, 1.165) is 6.42 Å². The average Bonchev–Trinajstić information content (AvgIpc) is 3.44. The molecule has 3 N–H and O–H groups in total. The molecule has 0 radical (unpaired) electrons. The highest BCUT2D eigenvalue weighted by atomic mass is 31.2. The smallest absolute Gasteiger partial charge is 0.393 e. The van der Waals surface area contributed by atoms with Crippen LogP contribution in [0.4, 0.5) is 5.82 Å². The monoisotopic (exact) mass is 458 g/mol. The zero-order valence-electron chi connectivity index (χ0n) is 15.9. The Balaban J connectivity index is 1.44. The third-order valence-corrected chi connectivity index (χ3v) is 6.54. The van der Waals surface area contributed by atoms with Gasteiger partial charge in [-0.2, -0.15) is 0 Å². The van der Waals surface area contributed by atoms with Crippen molar-refractivity contribution in [2.45, 2.75) is 55.9 Å². The van der Waals surface area contributed by atoms with Crippen LogP contribution in [0.3, 0.4) is 0 Å². The average molecular weight is 458 g/mol. The highest BCUT2D eigenvalue weighted by molar-refractivity contribution is 7.47. The van der Waals surface area contributed by atoms with Gasteiger partial charge in [-0.3, -0.25) is 13.6 Å². The molecule has 2 saturated heterocycles. The van der Waals surface area contributed by atoms with Crippen LogP contribution in [0.2, 0.25) is 0 Å². The number of nitrogens with one attached hydrogen (secondary N) is 1. The van der Waals surface area contributed by atoms with Gasteiger partial charge in [0.15, 0.2) is 23.2 Å². The molecule has 2 aromatic heterocycles. The number of hydrogen-bond donors (Lipinski definition) is 3. The van der Waals surface area contributed by atoms with E-state index in [4.69, 9.17) is 13.8 Å². The Kier molecular flexibility index (Phi) is 5.03. The van der Waals surface area contributed by atoms with Crippen molar-refractivity contribution in [1.29, 1.82) is 0 Å². The fourth-order valence-corrected chi connectivity index (χ4v) is 5.34. The van der Waals surface area contributed by atoms with Crippen molar-refractivity contribution in [3.8, 4) is 0 Å². The number of fused-ring (bicyclic) bond motifs is 2. The summed E-state index contributed by atoms with van der Waals surface area (Å²) in [6, 6.07) is 0.0425. The van der Waals surface area contributed by atoms with Crippen LogP contribution in [-0.2, 0) is 23.2 Å². The number of phosphoric acid groups is 1. The molecular weight excluding hydrogens is 439 g/mol. The molecule has 7 atom stereocenters. The van der Waals surface area contributed by atoms with E-state index >= 15 is 0 Å². The first-order valence-electron chi connectivity index (χ1n) is 9.55. The Bertz CT molecular complexity index is 1050. The van der Waals surface area contributed by atoms with E-state index < -0.39 is 44.1 Å². The predicted octanol–water partition coefficient (Wildman–Crippen LogP) is 0.142. The van der Waals surface area contributed by atoms with Gasteiger partial charge in [0.05, 0.1) is 12.4 Å². The van der Waals surface area contributed by atoms with Crippen LogP contribution in [0.1, 0.15) is 25.5 Å². The van der Waals surface area contributed by atoms with Crippen molar-refractivity contribution in [3.05, 3.63) is 22.8 Å². The Labute approximate surface area is 174 Å². The Hall–Kier alpha value is -2.42. The number of hydrogen-bond acceptors (Lipinski definition) is 12. The molecule has 3 aliphatic rings. The molecular formula is C15H19N6O9P. The highest BCUT2D eigenvalue weighted by Gasteiger charge is 2.58. The number of aliphatic hydroxyl groups is 1. The summed E-state index contributed by atoms with van der Waals surface area (Å²) in [5.74, 6) is 0.474. The summed E-state index contributed by atoms with van der Waals surface area (Å²) in [5.41, 5.74) is 0.791. The van der Waals surface area contributed by atoms with Crippen LogP contribution in [0.5, 0.6) is 0 Å². The van der Waals surface area contributed by atoms with Crippen LogP contribution in [0, 0.1) is 10.1 Å². The topological polar surface area (TPSA) is 193 Å². The van der Waals surface area contributed by atoms with Crippen molar-refractivity contribution in [2.75, 3.05) is 11.9 Å². The van der Waals surface area contributed by atoms with Crippen molar-refractivity contribution in [2.24, 2.45) is 0 Å². The Morgan fingerprint density at radius 3 is 2.87 bits per heavy atom. The number of aromatic nitrogens is 4. The van der Waals surface area contributed by atoms with Gasteiger partial charge in [0.25, 0.3) is 5.09 Å². The Morgan fingerprint density at radius 2 is 2.13 bits per heavy atom. The van der Waals surface area contributed by atoms with Crippen LogP contribution in [0.25, 0.3) is 11.2 Å². The van der Waals surface area contributed by atoms with Crippen LogP contribution >= 0.6 is 7.82 Å². The lowest BCUT2D eigenvalue weighted by molar-refractivity contribution is -0.759. The van der Waals surface area contributed by atoms with Gasteiger partial charge < -0.3 is 24.9 Å². The number of aliphatic hydroxyl groups excluding tert-OH is 1. The number of ether oxygens (including phenoxy) is 1. The second-order valence-corrected chi connectivity index (χ2v) is 8.91. The molecule has 1 saturated carbocycles. The van der Waals surface area contributed by atoms with Gasteiger partial charge in [0.1, 0.15) is 31.2 Å². The molecule has 3 fully saturated rings. The molecule has 0 aromatic carbocycles. The van der Waals surface area contributed by atoms with Crippen LogP contribution < -0.4 is 5.32 Å². The second kappa shape index (κ2) is 7.62. The number of imidazole rings is 1. The van der Waals surface area contributed by atoms with Crippen molar-refractivity contribution < 1.29 is 38.3 Å². The minimum atomic E-state index is -4.35. The van der Waals surface area contributed by atoms with E-state index in [1.54, 1.807) is 0 Å². The number of nitrogens with zero attached hydrogens (tertiary/aromatic N) is 5. The normalized spacial score (nSPS) is 37.2. The summed E-state index contributed by atoms with van der Waals surface area (Å²) in [7, 11) is -4.35. The van der Waals surface area contributed by atoms with Gasteiger partial charge in [0.2, 0.25) is 0 Å². The van der Waals surface area contributed by atoms with E-state index in [9.17, 15) is 24.7 Å². The van der Waals surface area contributed by atoms with Crippen LogP contribution in [-0.4, -0.2) is 71.7 Å². The van der Waals surface area contributed by atoms with Crippen LogP contribution in [0.15, 0.2) is 12.7 Å². The molecule has 2 aromatic rings. The minimum Gasteiger partial charge on any atom is -0.393 e. The molecule has 5 rings (SSSR count). The van der Waals surface area contributed by atoms with E-state index in [1.807, 2.05) is 0 Å². The molecule has 0 spiro atoms. The lowest BCUT2D eigenvalue weighted by Gasteiger charge is -2.19.